The number of phenolic OH excluding ortho intramolecular Hbond substituents is 1. The molecule has 0 bridgehead atoms. The van der Waals surface area contributed by atoms with E-state index in [1.165, 1.54) is 0 Å². The summed E-state index contributed by atoms with van der Waals surface area (Å²) in [7, 11) is -3.82. The average Bonchev–Trinajstić information content (AvgIpc) is 2.80. The molecule has 1 aromatic rings. The van der Waals surface area contributed by atoms with Crippen LogP contribution in [0.4, 0.5) is 5.69 Å². The minimum absolute atomic E-state index is 0.224. The standard InChI is InChI=1S/C10H13N3O5S/c14-10-2-1-8(5-9(10)13(15)16)19(17,18)12-7-3-4-11-6-7/h1-2,5,7,11-12,14H,3-4,6H2/t7-/m1/s1. The summed E-state index contributed by atoms with van der Waals surface area (Å²) < 4.78 is 26.5. The Labute approximate surface area is 109 Å². The fraction of sp³-hybridized carbons (Fsp3) is 0.400. The molecule has 9 heteroatoms. The highest BCUT2D eigenvalue weighted by molar-refractivity contribution is 7.89. The monoisotopic (exact) mass is 287 g/mol. The topological polar surface area (TPSA) is 122 Å². The first kappa shape index (κ1) is 13.7. The molecule has 1 fully saturated rings. The minimum Gasteiger partial charge on any atom is -0.502 e. The third-order valence-corrected chi connectivity index (χ3v) is 4.35. The molecule has 0 saturated carbocycles. The number of nitro benzene ring substituents is 1. The number of hydrogen-bond acceptors (Lipinski definition) is 6. The van der Waals surface area contributed by atoms with E-state index in [4.69, 9.17) is 0 Å². The Balaban J connectivity index is 2.29. The van der Waals surface area contributed by atoms with Crippen molar-refractivity contribution < 1.29 is 18.4 Å². The fourth-order valence-electron chi connectivity index (χ4n) is 1.86. The number of aromatic hydroxyl groups is 1. The van der Waals surface area contributed by atoms with Gasteiger partial charge in [0.05, 0.1) is 9.82 Å². The lowest BCUT2D eigenvalue weighted by molar-refractivity contribution is -0.386. The molecule has 3 N–H and O–H groups in total. The predicted octanol–water partition coefficient (Wildman–Crippen LogP) is -0.0594. The second kappa shape index (κ2) is 5.11. The summed E-state index contributed by atoms with van der Waals surface area (Å²) in [5.41, 5.74) is -0.632. The summed E-state index contributed by atoms with van der Waals surface area (Å²) in [5.74, 6) is -0.563. The van der Waals surface area contributed by atoms with Gasteiger partial charge in [0.2, 0.25) is 10.0 Å². The van der Waals surface area contributed by atoms with Crippen molar-refractivity contribution in [3.05, 3.63) is 28.3 Å². The van der Waals surface area contributed by atoms with Gasteiger partial charge >= 0.3 is 5.69 Å². The molecule has 2 rings (SSSR count). The molecule has 0 amide bonds. The van der Waals surface area contributed by atoms with Crippen LogP contribution in [0.3, 0.4) is 0 Å². The van der Waals surface area contributed by atoms with E-state index >= 15 is 0 Å². The zero-order valence-electron chi connectivity index (χ0n) is 9.87. The molecular weight excluding hydrogens is 274 g/mol. The van der Waals surface area contributed by atoms with Crippen LogP contribution in [0.5, 0.6) is 5.75 Å². The van der Waals surface area contributed by atoms with E-state index in [1.807, 2.05) is 0 Å². The van der Waals surface area contributed by atoms with Gasteiger partial charge < -0.3 is 10.4 Å². The first-order valence-corrected chi connectivity index (χ1v) is 7.09. The lowest BCUT2D eigenvalue weighted by Gasteiger charge is -2.11. The van der Waals surface area contributed by atoms with E-state index in [1.54, 1.807) is 0 Å². The SMILES string of the molecule is O=[N+]([O-])c1cc(S(=O)(=O)N[C@@H]2CCNC2)ccc1O. The minimum atomic E-state index is -3.82. The van der Waals surface area contributed by atoms with E-state index < -0.39 is 26.4 Å². The second-order valence-electron chi connectivity index (χ2n) is 4.22. The van der Waals surface area contributed by atoms with E-state index in [-0.39, 0.29) is 10.9 Å². The number of sulfonamides is 1. The highest BCUT2D eigenvalue weighted by Crippen LogP contribution is 2.28. The third-order valence-electron chi connectivity index (χ3n) is 2.84. The number of rotatable bonds is 4. The van der Waals surface area contributed by atoms with Crippen LogP contribution in [0, 0.1) is 10.1 Å². The van der Waals surface area contributed by atoms with Crippen molar-refractivity contribution in [2.24, 2.45) is 0 Å². The van der Waals surface area contributed by atoms with E-state index in [0.29, 0.717) is 13.0 Å². The van der Waals surface area contributed by atoms with Gasteiger partial charge in [0.25, 0.3) is 0 Å². The first-order valence-electron chi connectivity index (χ1n) is 5.60. The average molecular weight is 287 g/mol. The number of nitrogens with one attached hydrogen (secondary N) is 2. The molecule has 1 saturated heterocycles. The van der Waals surface area contributed by atoms with Crippen molar-refractivity contribution >= 4 is 15.7 Å². The molecule has 0 aliphatic carbocycles. The number of hydrogen-bond donors (Lipinski definition) is 3. The van der Waals surface area contributed by atoms with Gasteiger partial charge in [-0.05, 0) is 25.1 Å². The first-order chi connectivity index (χ1) is 8.90. The summed E-state index contributed by atoms with van der Waals surface area (Å²) in [6, 6.07) is 2.75. The van der Waals surface area contributed by atoms with E-state index in [0.717, 1.165) is 24.7 Å². The van der Waals surface area contributed by atoms with Gasteiger partial charge in [0.15, 0.2) is 5.75 Å². The molecule has 0 aromatic heterocycles. The van der Waals surface area contributed by atoms with Crippen LogP contribution in [0.2, 0.25) is 0 Å². The van der Waals surface area contributed by atoms with Gasteiger partial charge in [-0.2, -0.15) is 0 Å². The third kappa shape index (κ3) is 3.00. The molecule has 1 heterocycles. The maximum absolute atomic E-state index is 12.0. The van der Waals surface area contributed by atoms with Gasteiger partial charge in [-0.1, -0.05) is 0 Å². The quantitative estimate of drug-likeness (QED) is 0.527. The zero-order chi connectivity index (χ0) is 14.0. The van der Waals surface area contributed by atoms with Crippen LogP contribution in [-0.4, -0.2) is 37.6 Å². The highest BCUT2D eigenvalue weighted by Gasteiger charge is 2.25. The van der Waals surface area contributed by atoms with Crippen molar-refractivity contribution in [1.82, 2.24) is 10.0 Å². The smallest absolute Gasteiger partial charge is 0.312 e. The van der Waals surface area contributed by atoms with Crippen molar-refractivity contribution in [2.45, 2.75) is 17.4 Å². The summed E-state index contributed by atoms with van der Waals surface area (Å²) in [6.07, 6.45) is 0.666. The molecule has 1 aliphatic heterocycles. The van der Waals surface area contributed by atoms with Crippen LogP contribution in [0.15, 0.2) is 23.1 Å². The Kier molecular flexibility index (Phi) is 3.69. The summed E-state index contributed by atoms with van der Waals surface area (Å²) in [6.45, 7) is 1.25. The Morgan fingerprint density at radius 3 is 2.79 bits per heavy atom. The Hall–Kier alpha value is -1.71. The summed E-state index contributed by atoms with van der Waals surface area (Å²) in [5, 5.41) is 23.0. The van der Waals surface area contributed by atoms with Gasteiger partial charge in [0, 0.05) is 18.7 Å². The summed E-state index contributed by atoms with van der Waals surface area (Å²) in [4.78, 5) is 9.61. The molecule has 1 aromatic carbocycles. The fourth-order valence-corrected chi connectivity index (χ4v) is 3.15. The number of nitrogens with zero attached hydrogens (tertiary/aromatic N) is 1. The number of benzene rings is 1. The van der Waals surface area contributed by atoms with Crippen molar-refractivity contribution in [1.29, 1.82) is 0 Å². The highest BCUT2D eigenvalue weighted by atomic mass is 32.2. The van der Waals surface area contributed by atoms with Crippen LogP contribution in [0.1, 0.15) is 6.42 Å². The molecule has 1 aliphatic rings. The molecule has 0 unspecified atom stereocenters. The zero-order valence-corrected chi connectivity index (χ0v) is 10.7. The predicted molar refractivity (Wildman–Crippen MR) is 66.4 cm³/mol. The van der Waals surface area contributed by atoms with Crippen molar-refractivity contribution in [3.63, 3.8) is 0 Å². The Morgan fingerprint density at radius 1 is 1.47 bits per heavy atom. The normalized spacial score (nSPS) is 19.5. The molecule has 0 spiro atoms. The van der Waals surface area contributed by atoms with Gasteiger partial charge in [-0.15, -0.1) is 0 Å². The van der Waals surface area contributed by atoms with Crippen molar-refractivity contribution in [3.8, 4) is 5.75 Å². The lowest BCUT2D eigenvalue weighted by atomic mass is 10.3. The molecule has 104 valence electrons. The lowest BCUT2D eigenvalue weighted by Crippen LogP contribution is -2.36. The van der Waals surface area contributed by atoms with E-state index in [9.17, 15) is 23.6 Å². The molecule has 19 heavy (non-hydrogen) atoms. The Morgan fingerprint density at radius 2 is 2.21 bits per heavy atom. The molecule has 0 radical (unpaired) electrons. The number of nitro groups is 1. The Bertz CT molecular complexity index is 595. The second-order valence-corrected chi connectivity index (χ2v) is 5.93. The molecular formula is C10H13N3O5S. The maximum atomic E-state index is 12.0. The van der Waals surface area contributed by atoms with Crippen molar-refractivity contribution in [2.75, 3.05) is 13.1 Å². The number of phenols is 1. The van der Waals surface area contributed by atoms with Gasteiger partial charge in [0.1, 0.15) is 0 Å². The largest absolute Gasteiger partial charge is 0.502 e. The van der Waals surface area contributed by atoms with Crippen LogP contribution in [-0.2, 0) is 10.0 Å². The van der Waals surface area contributed by atoms with Crippen LogP contribution < -0.4 is 10.0 Å². The summed E-state index contributed by atoms with van der Waals surface area (Å²) >= 11 is 0. The molecule has 1 atom stereocenters. The van der Waals surface area contributed by atoms with Gasteiger partial charge in [-0.3, -0.25) is 10.1 Å². The van der Waals surface area contributed by atoms with Crippen LogP contribution >= 0.6 is 0 Å². The maximum Gasteiger partial charge on any atom is 0.312 e. The van der Waals surface area contributed by atoms with E-state index in [2.05, 4.69) is 10.0 Å². The van der Waals surface area contributed by atoms with Gasteiger partial charge in [-0.25, -0.2) is 13.1 Å². The van der Waals surface area contributed by atoms with Crippen LogP contribution in [0.25, 0.3) is 0 Å². The molecule has 8 nitrogen and oxygen atoms in total.